The van der Waals surface area contributed by atoms with Crippen molar-refractivity contribution in [2.24, 2.45) is 0 Å². The third kappa shape index (κ3) is 6.80. The van der Waals surface area contributed by atoms with Crippen LogP contribution in [0.15, 0.2) is 42.9 Å². The summed E-state index contributed by atoms with van der Waals surface area (Å²) in [5.41, 5.74) is 0.980. The molecule has 2 aromatic rings. The summed E-state index contributed by atoms with van der Waals surface area (Å²) in [6.07, 6.45) is 5.37. The zero-order chi connectivity index (χ0) is 24.6. The van der Waals surface area contributed by atoms with E-state index in [1.165, 1.54) is 7.11 Å². The first-order valence-corrected chi connectivity index (χ1v) is 11.8. The van der Waals surface area contributed by atoms with Crippen molar-refractivity contribution in [2.45, 2.75) is 71.0 Å². The van der Waals surface area contributed by atoms with Crippen molar-refractivity contribution in [1.29, 1.82) is 0 Å². The van der Waals surface area contributed by atoms with Gasteiger partial charge in [0.2, 0.25) is 0 Å². The van der Waals surface area contributed by atoms with Gasteiger partial charge in [0.15, 0.2) is 0 Å². The predicted octanol–water partition coefficient (Wildman–Crippen LogP) is 3.13. The van der Waals surface area contributed by atoms with Crippen LogP contribution in [0.25, 0.3) is 0 Å². The van der Waals surface area contributed by atoms with Crippen LogP contribution in [0.1, 0.15) is 44.9 Å². The second-order valence-electron chi connectivity index (χ2n) is 8.95. The van der Waals surface area contributed by atoms with E-state index in [1.54, 1.807) is 11.2 Å². The minimum Gasteiger partial charge on any atom is -0.468 e. The first-order chi connectivity index (χ1) is 16.3. The molecule has 0 saturated carbocycles. The average molecular weight is 473 g/mol. The maximum absolute atomic E-state index is 12.9. The molecular weight excluding hydrogens is 436 g/mol. The van der Waals surface area contributed by atoms with Gasteiger partial charge in [0.1, 0.15) is 18.4 Å². The Balaban J connectivity index is 1.56. The molecule has 9 nitrogen and oxygen atoms in total. The average Bonchev–Trinajstić information content (AvgIpc) is 3.40. The SMILES string of the molecule is CCCn1cnc(C[C@H](NCC[C@H]2COC(C)(C)N2C(=O)OCc2ccccc2)C(=O)OC)c1. The van der Waals surface area contributed by atoms with Gasteiger partial charge >= 0.3 is 12.1 Å². The van der Waals surface area contributed by atoms with Crippen molar-refractivity contribution in [3.8, 4) is 0 Å². The number of aryl methyl sites for hydroxylation is 1. The molecule has 34 heavy (non-hydrogen) atoms. The van der Waals surface area contributed by atoms with Gasteiger partial charge in [0.05, 0.1) is 31.8 Å². The Morgan fingerprint density at radius 1 is 1.29 bits per heavy atom. The van der Waals surface area contributed by atoms with E-state index in [2.05, 4.69) is 17.2 Å². The number of rotatable bonds is 11. The molecule has 1 amide bonds. The van der Waals surface area contributed by atoms with Crippen molar-refractivity contribution >= 4 is 12.1 Å². The van der Waals surface area contributed by atoms with Gasteiger partial charge in [0, 0.05) is 19.2 Å². The molecule has 0 unspecified atom stereocenters. The van der Waals surface area contributed by atoms with E-state index in [0.29, 0.717) is 26.0 Å². The summed E-state index contributed by atoms with van der Waals surface area (Å²) < 4.78 is 18.4. The van der Waals surface area contributed by atoms with Crippen molar-refractivity contribution in [2.75, 3.05) is 20.3 Å². The number of imidazole rings is 1. The summed E-state index contributed by atoms with van der Waals surface area (Å²) in [6.45, 7) is 7.81. The van der Waals surface area contributed by atoms with Crippen LogP contribution in [0.4, 0.5) is 4.79 Å². The fraction of sp³-hybridized carbons (Fsp3) is 0.560. The van der Waals surface area contributed by atoms with Crippen molar-refractivity contribution < 1.29 is 23.8 Å². The third-order valence-electron chi connectivity index (χ3n) is 5.91. The molecule has 186 valence electrons. The van der Waals surface area contributed by atoms with E-state index < -0.39 is 17.9 Å². The normalized spacial score (nSPS) is 18.0. The molecular formula is C25H36N4O5. The van der Waals surface area contributed by atoms with Gasteiger partial charge in [-0.25, -0.2) is 9.78 Å². The van der Waals surface area contributed by atoms with Crippen LogP contribution in [0.2, 0.25) is 0 Å². The highest BCUT2D eigenvalue weighted by molar-refractivity contribution is 5.76. The lowest BCUT2D eigenvalue weighted by atomic mass is 10.1. The molecule has 0 spiro atoms. The van der Waals surface area contributed by atoms with E-state index in [-0.39, 0.29) is 18.6 Å². The highest BCUT2D eigenvalue weighted by Gasteiger charge is 2.44. The Morgan fingerprint density at radius 3 is 2.76 bits per heavy atom. The minimum atomic E-state index is -0.772. The third-order valence-corrected chi connectivity index (χ3v) is 5.91. The maximum Gasteiger partial charge on any atom is 0.412 e. The highest BCUT2D eigenvalue weighted by Crippen LogP contribution is 2.29. The van der Waals surface area contributed by atoms with E-state index in [1.807, 2.05) is 54.9 Å². The lowest BCUT2D eigenvalue weighted by molar-refractivity contribution is -0.143. The number of methoxy groups -OCH3 is 1. The van der Waals surface area contributed by atoms with Gasteiger partial charge in [-0.15, -0.1) is 0 Å². The van der Waals surface area contributed by atoms with Gasteiger partial charge in [0.25, 0.3) is 0 Å². The number of hydrogen-bond donors (Lipinski definition) is 1. The summed E-state index contributed by atoms with van der Waals surface area (Å²) in [4.78, 5) is 31.3. The van der Waals surface area contributed by atoms with Crippen LogP contribution < -0.4 is 5.32 Å². The summed E-state index contributed by atoms with van der Waals surface area (Å²) in [5.74, 6) is -0.341. The number of carbonyl (C=O) groups excluding carboxylic acids is 2. The molecule has 9 heteroatoms. The lowest BCUT2D eigenvalue weighted by Crippen LogP contribution is -2.49. The molecule has 3 rings (SSSR count). The standard InChI is InChI=1S/C25H36N4O5/c1-5-13-28-15-20(27-18-28)14-22(23(30)32-4)26-12-11-21-17-34-25(2,3)29(21)24(31)33-16-19-9-7-6-8-10-19/h6-10,15,18,21-22,26H,5,11-14,16-17H2,1-4H3/t21-,22-/m0/s1. The molecule has 1 aliphatic heterocycles. The molecule has 0 aliphatic carbocycles. The predicted molar refractivity (Wildman–Crippen MR) is 127 cm³/mol. The van der Waals surface area contributed by atoms with Gasteiger partial charge in [-0.05, 0) is 38.8 Å². The van der Waals surface area contributed by atoms with Crippen molar-refractivity contribution in [1.82, 2.24) is 19.8 Å². The topological polar surface area (TPSA) is 94.9 Å². The summed E-state index contributed by atoms with van der Waals surface area (Å²) in [6, 6.07) is 8.87. The molecule has 0 bridgehead atoms. The fourth-order valence-corrected chi connectivity index (χ4v) is 4.16. The molecule has 1 aromatic heterocycles. The minimum absolute atomic E-state index is 0.173. The van der Waals surface area contributed by atoms with Gasteiger partial charge < -0.3 is 24.1 Å². The number of nitrogens with one attached hydrogen (secondary N) is 1. The van der Waals surface area contributed by atoms with Crippen molar-refractivity contribution in [3.05, 3.63) is 54.1 Å². The fourth-order valence-electron chi connectivity index (χ4n) is 4.16. The number of aromatic nitrogens is 2. The number of ether oxygens (including phenoxy) is 3. The van der Waals surface area contributed by atoms with Crippen LogP contribution in [0.3, 0.4) is 0 Å². The van der Waals surface area contributed by atoms with Crippen LogP contribution in [-0.4, -0.2) is 64.6 Å². The molecule has 1 aromatic carbocycles. The Hall–Kier alpha value is -2.91. The molecule has 0 radical (unpaired) electrons. The second kappa shape index (κ2) is 12.0. The van der Waals surface area contributed by atoms with Crippen LogP contribution in [0, 0.1) is 0 Å². The van der Waals surface area contributed by atoms with E-state index in [0.717, 1.165) is 24.2 Å². The molecule has 1 N–H and O–H groups in total. The van der Waals surface area contributed by atoms with Gasteiger partial charge in [-0.2, -0.15) is 0 Å². The lowest BCUT2D eigenvalue weighted by Gasteiger charge is -2.33. The van der Waals surface area contributed by atoms with E-state index in [9.17, 15) is 9.59 Å². The smallest absolute Gasteiger partial charge is 0.412 e. The number of nitrogens with zero attached hydrogens (tertiary/aromatic N) is 3. The first-order valence-electron chi connectivity index (χ1n) is 11.8. The highest BCUT2D eigenvalue weighted by atomic mass is 16.6. The number of esters is 1. The Kier molecular flexibility index (Phi) is 9.06. The molecule has 2 heterocycles. The molecule has 1 aliphatic rings. The summed E-state index contributed by atoms with van der Waals surface area (Å²) >= 11 is 0. The summed E-state index contributed by atoms with van der Waals surface area (Å²) in [7, 11) is 1.38. The van der Waals surface area contributed by atoms with Gasteiger partial charge in [-0.1, -0.05) is 37.3 Å². The van der Waals surface area contributed by atoms with Crippen LogP contribution >= 0.6 is 0 Å². The maximum atomic E-state index is 12.9. The zero-order valence-corrected chi connectivity index (χ0v) is 20.5. The monoisotopic (exact) mass is 472 g/mol. The Morgan fingerprint density at radius 2 is 2.06 bits per heavy atom. The van der Waals surface area contributed by atoms with Crippen LogP contribution in [-0.2, 0) is 38.6 Å². The van der Waals surface area contributed by atoms with Gasteiger partial charge in [-0.3, -0.25) is 9.69 Å². The molecule has 1 fully saturated rings. The largest absolute Gasteiger partial charge is 0.468 e. The van der Waals surface area contributed by atoms with Crippen LogP contribution in [0.5, 0.6) is 0 Å². The van der Waals surface area contributed by atoms with Crippen molar-refractivity contribution in [3.63, 3.8) is 0 Å². The number of benzene rings is 1. The Labute approximate surface area is 201 Å². The zero-order valence-electron chi connectivity index (χ0n) is 20.5. The second-order valence-corrected chi connectivity index (χ2v) is 8.95. The number of carbonyl (C=O) groups is 2. The number of amides is 1. The van der Waals surface area contributed by atoms with E-state index in [4.69, 9.17) is 14.2 Å². The Bertz CT molecular complexity index is 930. The summed E-state index contributed by atoms with van der Waals surface area (Å²) in [5, 5.41) is 3.27. The molecule has 2 atom stereocenters. The first kappa shape index (κ1) is 25.7. The molecule has 1 saturated heterocycles. The van der Waals surface area contributed by atoms with E-state index >= 15 is 0 Å². The quantitative estimate of drug-likeness (QED) is 0.502. The number of hydrogen-bond acceptors (Lipinski definition) is 7.